The Hall–Kier alpha value is -0.980. The van der Waals surface area contributed by atoms with Crippen molar-refractivity contribution in [3.05, 3.63) is 35.6 Å². The van der Waals surface area contributed by atoms with Gasteiger partial charge in [0.05, 0.1) is 5.54 Å². The van der Waals surface area contributed by atoms with Crippen LogP contribution in [0.25, 0.3) is 0 Å². The Balaban J connectivity index is 2.31. The van der Waals surface area contributed by atoms with E-state index in [2.05, 4.69) is 63.9 Å². The van der Waals surface area contributed by atoms with E-state index in [0.717, 1.165) is 6.42 Å². The molecule has 0 N–H and O–H groups in total. The van der Waals surface area contributed by atoms with Crippen molar-refractivity contribution in [2.45, 2.75) is 52.6 Å². The topological polar surface area (TPSA) is 3.24 Å². The fraction of sp³-hybridized carbons (Fsp3) is 0.600. The molecule has 0 bridgehead atoms. The van der Waals surface area contributed by atoms with Crippen LogP contribution in [0.15, 0.2) is 35.6 Å². The van der Waals surface area contributed by atoms with Gasteiger partial charge in [-0.3, -0.25) is 0 Å². The smallest absolute Gasteiger partial charge is 0.0658 e. The minimum atomic E-state index is 0.201. The number of hydrogen-bond donors (Lipinski definition) is 0. The highest BCUT2D eigenvalue weighted by Crippen LogP contribution is 2.41. The Kier molecular flexibility index (Phi) is 2.73. The molecule has 1 aliphatic heterocycles. The summed E-state index contributed by atoms with van der Waals surface area (Å²) >= 11 is 0. The van der Waals surface area contributed by atoms with E-state index < -0.39 is 0 Å². The van der Waals surface area contributed by atoms with Crippen LogP contribution < -0.4 is 0 Å². The van der Waals surface area contributed by atoms with Crippen LogP contribution in [0.2, 0.25) is 0 Å². The van der Waals surface area contributed by atoms with Crippen molar-refractivity contribution in [2.75, 3.05) is 0 Å². The molecule has 0 aromatic rings. The van der Waals surface area contributed by atoms with Crippen LogP contribution in [0.4, 0.5) is 0 Å². The molecule has 88 valence electrons. The molecular weight excluding hydrogens is 194 g/mol. The summed E-state index contributed by atoms with van der Waals surface area (Å²) in [4.78, 5) is 2.48. The lowest BCUT2D eigenvalue weighted by Gasteiger charge is -2.42. The molecule has 2 aliphatic rings. The van der Waals surface area contributed by atoms with Crippen LogP contribution in [0, 0.1) is 5.92 Å². The summed E-state index contributed by atoms with van der Waals surface area (Å²) < 4.78 is 0. The third kappa shape index (κ3) is 1.63. The molecule has 0 spiro atoms. The molecule has 1 heterocycles. The normalized spacial score (nSPS) is 28.6. The molecule has 2 rings (SSSR count). The zero-order valence-electron chi connectivity index (χ0n) is 11.1. The second-order valence-corrected chi connectivity index (χ2v) is 5.75. The van der Waals surface area contributed by atoms with Crippen molar-refractivity contribution in [1.82, 2.24) is 4.90 Å². The molecule has 1 nitrogen and oxygen atoms in total. The van der Waals surface area contributed by atoms with Gasteiger partial charge in [0, 0.05) is 12.2 Å². The Morgan fingerprint density at radius 1 is 1.25 bits per heavy atom. The maximum Gasteiger partial charge on any atom is 0.0658 e. The molecule has 0 radical (unpaired) electrons. The molecule has 0 fully saturated rings. The van der Waals surface area contributed by atoms with E-state index in [-0.39, 0.29) is 5.54 Å². The lowest BCUT2D eigenvalue weighted by molar-refractivity contribution is 0.180. The largest absolute Gasteiger partial charge is 0.365 e. The second-order valence-electron chi connectivity index (χ2n) is 5.75. The van der Waals surface area contributed by atoms with Gasteiger partial charge >= 0.3 is 0 Å². The first-order chi connectivity index (χ1) is 7.45. The highest BCUT2D eigenvalue weighted by Gasteiger charge is 2.39. The van der Waals surface area contributed by atoms with Gasteiger partial charge in [-0.05, 0) is 50.3 Å². The van der Waals surface area contributed by atoms with Gasteiger partial charge in [-0.15, -0.1) is 0 Å². The van der Waals surface area contributed by atoms with Gasteiger partial charge < -0.3 is 4.90 Å². The van der Waals surface area contributed by atoms with Crippen LogP contribution >= 0.6 is 0 Å². The minimum absolute atomic E-state index is 0.201. The fourth-order valence-electron chi connectivity index (χ4n) is 2.78. The fourth-order valence-corrected chi connectivity index (χ4v) is 2.78. The van der Waals surface area contributed by atoms with Crippen LogP contribution in [0.3, 0.4) is 0 Å². The average Bonchev–Trinajstić information content (AvgIpc) is 2.53. The van der Waals surface area contributed by atoms with E-state index >= 15 is 0 Å². The van der Waals surface area contributed by atoms with Gasteiger partial charge in [0.25, 0.3) is 0 Å². The zero-order chi connectivity index (χ0) is 11.9. The van der Waals surface area contributed by atoms with E-state index in [1.165, 1.54) is 11.1 Å². The molecule has 0 saturated carbocycles. The predicted octanol–water partition coefficient (Wildman–Crippen LogP) is 3.90. The van der Waals surface area contributed by atoms with Crippen molar-refractivity contribution in [1.29, 1.82) is 0 Å². The van der Waals surface area contributed by atoms with Crippen molar-refractivity contribution in [3.8, 4) is 0 Å². The summed E-state index contributed by atoms with van der Waals surface area (Å²) in [6.45, 7) is 11.4. The summed E-state index contributed by atoms with van der Waals surface area (Å²) in [6.07, 6.45) is 10.5. The molecular formula is C15H23N. The quantitative estimate of drug-likeness (QED) is 0.678. The monoisotopic (exact) mass is 217 g/mol. The molecule has 0 amide bonds. The third-order valence-electron chi connectivity index (χ3n) is 3.89. The Morgan fingerprint density at radius 2 is 1.94 bits per heavy atom. The van der Waals surface area contributed by atoms with Crippen molar-refractivity contribution >= 4 is 0 Å². The SMILES string of the molecule is CC(C)C1=CCC2(C)C(=C1)C=CN2C(C)C. The Bertz CT molecular complexity index is 371. The number of nitrogens with zero attached hydrogens (tertiary/aromatic N) is 1. The maximum absolute atomic E-state index is 2.48. The average molecular weight is 217 g/mol. The maximum atomic E-state index is 2.48. The first-order valence-corrected chi connectivity index (χ1v) is 6.34. The molecule has 1 atom stereocenters. The highest BCUT2D eigenvalue weighted by atomic mass is 15.2. The molecule has 1 unspecified atom stereocenters. The van der Waals surface area contributed by atoms with Gasteiger partial charge in [-0.2, -0.15) is 0 Å². The number of fused-ring (bicyclic) bond motifs is 1. The van der Waals surface area contributed by atoms with Crippen LogP contribution in [-0.4, -0.2) is 16.5 Å². The number of rotatable bonds is 2. The van der Waals surface area contributed by atoms with Crippen LogP contribution in [-0.2, 0) is 0 Å². The summed E-state index contributed by atoms with van der Waals surface area (Å²) in [5.74, 6) is 0.638. The van der Waals surface area contributed by atoms with E-state index in [4.69, 9.17) is 0 Å². The van der Waals surface area contributed by atoms with Gasteiger partial charge in [-0.1, -0.05) is 26.0 Å². The first kappa shape index (κ1) is 11.5. The minimum Gasteiger partial charge on any atom is -0.365 e. The van der Waals surface area contributed by atoms with Crippen molar-refractivity contribution in [2.24, 2.45) is 5.92 Å². The van der Waals surface area contributed by atoms with Crippen LogP contribution in [0.1, 0.15) is 41.0 Å². The van der Waals surface area contributed by atoms with E-state index in [1.807, 2.05) is 0 Å². The van der Waals surface area contributed by atoms with Crippen molar-refractivity contribution < 1.29 is 0 Å². The van der Waals surface area contributed by atoms with E-state index in [1.54, 1.807) is 0 Å². The number of allylic oxidation sites excluding steroid dienone is 2. The summed E-state index contributed by atoms with van der Waals surface area (Å²) in [6, 6.07) is 0.571. The Labute approximate surface area is 99.5 Å². The molecule has 0 aromatic carbocycles. The lowest BCUT2D eigenvalue weighted by Crippen LogP contribution is -2.45. The zero-order valence-corrected chi connectivity index (χ0v) is 11.1. The summed E-state index contributed by atoms with van der Waals surface area (Å²) in [7, 11) is 0. The van der Waals surface area contributed by atoms with Gasteiger partial charge in [0.2, 0.25) is 0 Å². The number of hydrogen-bond acceptors (Lipinski definition) is 1. The van der Waals surface area contributed by atoms with E-state index in [0.29, 0.717) is 12.0 Å². The van der Waals surface area contributed by atoms with Crippen molar-refractivity contribution in [3.63, 3.8) is 0 Å². The highest BCUT2D eigenvalue weighted by molar-refractivity contribution is 5.46. The standard InChI is InChI=1S/C15H23N/c1-11(2)13-6-8-15(5)14(10-13)7-9-16(15)12(3)4/h6-7,9-12H,8H2,1-5H3. The van der Waals surface area contributed by atoms with Gasteiger partial charge in [0.15, 0.2) is 0 Å². The first-order valence-electron chi connectivity index (χ1n) is 6.34. The third-order valence-corrected chi connectivity index (χ3v) is 3.89. The van der Waals surface area contributed by atoms with Crippen LogP contribution in [0.5, 0.6) is 0 Å². The molecule has 1 aliphatic carbocycles. The molecule has 0 saturated heterocycles. The predicted molar refractivity (Wildman–Crippen MR) is 70.1 cm³/mol. The van der Waals surface area contributed by atoms with Gasteiger partial charge in [0.1, 0.15) is 0 Å². The summed E-state index contributed by atoms with van der Waals surface area (Å²) in [5, 5.41) is 0. The second kappa shape index (κ2) is 3.80. The Morgan fingerprint density at radius 3 is 2.50 bits per heavy atom. The molecule has 1 heteroatoms. The lowest BCUT2D eigenvalue weighted by atomic mass is 9.80. The van der Waals surface area contributed by atoms with E-state index in [9.17, 15) is 0 Å². The van der Waals surface area contributed by atoms with Gasteiger partial charge in [-0.25, -0.2) is 0 Å². The molecule has 0 aromatic heterocycles. The molecule has 16 heavy (non-hydrogen) atoms. The summed E-state index contributed by atoms with van der Waals surface area (Å²) in [5.41, 5.74) is 3.17.